The lowest BCUT2D eigenvalue weighted by atomic mass is 10.1. The predicted octanol–water partition coefficient (Wildman–Crippen LogP) is 1.43. The molecular weight excluding hydrogens is 314 g/mol. The van der Waals surface area contributed by atoms with Crippen molar-refractivity contribution in [3.05, 3.63) is 41.6 Å². The molecule has 0 aliphatic rings. The van der Waals surface area contributed by atoms with E-state index in [2.05, 4.69) is 10.6 Å². The van der Waals surface area contributed by atoms with Crippen molar-refractivity contribution in [2.45, 2.75) is 19.9 Å². The van der Waals surface area contributed by atoms with E-state index in [0.717, 1.165) is 6.20 Å². The van der Waals surface area contributed by atoms with E-state index < -0.39 is 23.9 Å². The molecule has 1 unspecified atom stereocenters. The molecule has 126 valence electrons. The monoisotopic (exact) mass is 331 g/mol. The minimum absolute atomic E-state index is 0.0147. The Balaban J connectivity index is 2.89. The molecule has 8 nitrogen and oxygen atoms in total. The number of carboxylic acid groups (broad SMARTS) is 2. The number of carbonyl (C=O) groups excluding carboxylic acids is 1. The van der Waals surface area contributed by atoms with Crippen molar-refractivity contribution in [3.8, 4) is 6.07 Å². The average Bonchev–Trinajstić information content (AvgIpc) is 2.50. The van der Waals surface area contributed by atoms with Gasteiger partial charge in [0.15, 0.2) is 0 Å². The van der Waals surface area contributed by atoms with Gasteiger partial charge in [-0.2, -0.15) is 5.26 Å². The summed E-state index contributed by atoms with van der Waals surface area (Å²) < 4.78 is 0. The molecule has 0 heterocycles. The van der Waals surface area contributed by atoms with Crippen molar-refractivity contribution in [3.63, 3.8) is 0 Å². The minimum Gasteiger partial charge on any atom is -0.480 e. The van der Waals surface area contributed by atoms with E-state index in [-0.39, 0.29) is 22.7 Å². The Morgan fingerprint density at radius 1 is 1.25 bits per heavy atom. The lowest BCUT2D eigenvalue weighted by Crippen LogP contribution is -2.38. The van der Waals surface area contributed by atoms with Crippen LogP contribution in [0, 0.1) is 17.2 Å². The normalized spacial score (nSPS) is 12.2. The smallest absolute Gasteiger partial charge is 0.335 e. The van der Waals surface area contributed by atoms with Crippen LogP contribution >= 0.6 is 0 Å². The summed E-state index contributed by atoms with van der Waals surface area (Å²) >= 11 is 0. The molecule has 0 saturated heterocycles. The molecule has 24 heavy (non-hydrogen) atoms. The molecule has 0 radical (unpaired) electrons. The number of aliphatic carboxylic acids is 1. The maximum absolute atomic E-state index is 12.0. The molecule has 1 aromatic carbocycles. The second kappa shape index (κ2) is 8.33. The highest BCUT2D eigenvalue weighted by molar-refractivity contribution is 6.06. The summed E-state index contributed by atoms with van der Waals surface area (Å²) in [5.74, 6) is -3.28. The first-order chi connectivity index (χ1) is 11.3. The van der Waals surface area contributed by atoms with Crippen molar-refractivity contribution in [1.82, 2.24) is 5.32 Å². The highest BCUT2D eigenvalue weighted by atomic mass is 16.4. The van der Waals surface area contributed by atoms with E-state index >= 15 is 0 Å². The number of nitrogens with one attached hydrogen (secondary N) is 2. The second-order valence-corrected chi connectivity index (χ2v) is 5.24. The molecule has 0 aliphatic carbocycles. The first-order valence-corrected chi connectivity index (χ1v) is 7.00. The molecule has 0 spiro atoms. The van der Waals surface area contributed by atoms with Gasteiger partial charge in [0.25, 0.3) is 5.91 Å². The summed E-state index contributed by atoms with van der Waals surface area (Å²) in [7, 11) is 0. The zero-order valence-corrected chi connectivity index (χ0v) is 13.1. The molecule has 1 atom stereocenters. The Bertz CT molecular complexity index is 719. The van der Waals surface area contributed by atoms with Gasteiger partial charge in [0, 0.05) is 11.9 Å². The second-order valence-electron chi connectivity index (χ2n) is 5.24. The number of carbonyl (C=O) groups is 3. The quantitative estimate of drug-likeness (QED) is 0.437. The van der Waals surface area contributed by atoms with Gasteiger partial charge in [-0.1, -0.05) is 19.9 Å². The summed E-state index contributed by atoms with van der Waals surface area (Å²) in [5, 5.41) is 31.9. The molecule has 4 N–H and O–H groups in total. The highest BCUT2D eigenvalue weighted by Crippen LogP contribution is 2.12. The van der Waals surface area contributed by atoms with E-state index in [4.69, 9.17) is 15.5 Å². The van der Waals surface area contributed by atoms with E-state index in [0.29, 0.717) is 0 Å². The summed E-state index contributed by atoms with van der Waals surface area (Å²) in [5.41, 5.74) is -0.138. The van der Waals surface area contributed by atoms with Crippen LogP contribution in [-0.4, -0.2) is 34.1 Å². The Kier molecular flexibility index (Phi) is 6.50. The zero-order valence-electron chi connectivity index (χ0n) is 13.1. The van der Waals surface area contributed by atoms with E-state index in [1.165, 1.54) is 24.3 Å². The van der Waals surface area contributed by atoms with Gasteiger partial charge in [0.1, 0.15) is 17.7 Å². The summed E-state index contributed by atoms with van der Waals surface area (Å²) in [6.07, 6.45) is 1.04. The summed E-state index contributed by atoms with van der Waals surface area (Å²) in [6.45, 7) is 3.37. The lowest BCUT2D eigenvalue weighted by molar-refractivity contribution is -0.140. The number of hydrogen-bond acceptors (Lipinski definition) is 5. The predicted molar refractivity (Wildman–Crippen MR) is 85.1 cm³/mol. The van der Waals surface area contributed by atoms with Crippen LogP contribution in [0.2, 0.25) is 0 Å². The Morgan fingerprint density at radius 3 is 2.42 bits per heavy atom. The molecule has 1 aromatic rings. The molecule has 8 heteroatoms. The number of aromatic carboxylic acids is 1. The standard InChI is InChI=1S/C16H17N3O5/c1-9(2)13(16(23)24)18-8-11(7-17)14(20)19-12-5-3-4-10(6-12)15(21)22/h3-6,8-9,13,18H,1-2H3,(H,19,20)(H,21,22)(H,23,24)/b11-8-. The molecule has 1 amide bonds. The fraction of sp³-hybridized carbons (Fsp3) is 0.250. The van der Waals surface area contributed by atoms with E-state index in [9.17, 15) is 14.4 Å². The third-order valence-corrected chi connectivity index (χ3v) is 3.07. The zero-order chi connectivity index (χ0) is 18.3. The van der Waals surface area contributed by atoms with Gasteiger partial charge in [-0.05, 0) is 24.1 Å². The molecule has 0 aliphatic heterocycles. The number of carboxylic acids is 2. The first kappa shape index (κ1) is 18.7. The van der Waals surface area contributed by atoms with Gasteiger partial charge in [-0.25, -0.2) is 9.59 Å². The molecule has 1 rings (SSSR count). The van der Waals surface area contributed by atoms with Crippen LogP contribution in [0.1, 0.15) is 24.2 Å². The van der Waals surface area contributed by atoms with Crippen LogP contribution < -0.4 is 10.6 Å². The fourth-order valence-electron chi connectivity index (χ4n) is 1.80. The summed E-state index contributed by atoms with van der Waals surface area (Å²) in [6, 6.07) is 6.25. The van der Waals surface area contributed by atoms with Crippen molar-refractivity contribution in [2.75, 3.05) is 5.32 Å². The molecule has 0 aromatic heterocycles. The minimum atomic E-state index is -1.15. The largest absolute Gasteiger partial charge is 0.480 e. The number of nitrogens with zero attached hydrogens (tertiary/aromatic N) is 1. The van der Waals surface area contributed by atoms with Crippen molar-refractivity contribution >= 4 is 23.5 Å². The highest BCUT2D eigenvalue weighted by Gasteiger charge is 2.20. The number of rotatable bonds is 7. The van der Waals surface area contributed by atoms with Crippen molar-refractivity contribution < 1.29 is 24.6 Å². The van der Waals surface area contributed by atoms with Gasteiger partial charge in [-0.15, -0.1) is 0 Å². The SMILES string of the molecule is CC(C)C(N/C=C(/C#N)C(=O)Nc1cccc(C(=O)O)c1)C(=O)O. The van der Waals surface area contributed by atoms with Gasteiger partial charge < -0.3 is 20.8 Å². The molecule has 0 bridgehead atoms. The van der Waals surface area contributed by atoms with Crippen LogP contribution in [0.15, 0.2) is 36.0 Å². The maximum Gasteiger partial charge on any atom is 0.335 e. The molecule has 0 fully saturated rings. The Hall–Kier alpha value is -3.34. The molecule has 0 saturated carbocycles. The Labute approximate surface area is 138 Å². The van der Waals surface area contributed by atoms with Gasteiger partial charge in [0.05, 0.1) is 5.56 Å². The van der Waals surface area contributed by atoms with E-state index in [1.54, 1.807) is 19.9 Å². The summed E-state index contributed by atoms with van der Waals surface area (Å²) in [4.78, 5) is 34.0. The van der Waals surface area contributed by atoms with Crippen LogP contribution in [0.4, 0.5) is 5.69 Å². The first-order valence-electron chi connectivity index (χ1n) is 7.00. The maximum atomic E-state index is 12.0. The Morgan fingerprint density at radius 2 is 1.92 bits per heavy atom. The number of amides is 1. The topological polar surface area (TPSA) is 140 Å². The van der Waals surface area contributed by atoms with Crippen LogP contribution in [0.5, 0.6) is 0 Å². The number of benzene rings is 1. The van der Waals surface area contributed by atoms with Crippen LogP contribution in [-0.2, 0) is 9.59 Å². The number of nitriles is 1. The van der Waals surface area contributed by atoms with Gasteiger partial charge >= 0.3 is 11.9 Å². The van der Waals surface area contributed by atoms with Crippen molar-refractivity contribution in [1.29, 1.82) is 5.26 Å². The number of anilines is 1. The fourth-order valence-corrected chi connectivity index (χ4v) is 1.80. The van der Waals surface area contributed by atoms with Gasteiger partial charge in [-0.3, -0.25) is 4.79 Å². The van der Waals surface area contributed by atoms with Crippen LogP contribution in [0.25, 0.3) is 0 Å². The third-order valence-electron chi connectivity index (χ3n) is 3.07. The third kappa shape index (κ3) is 5.14. The average molecular weight is 331 g/mol. The molecular formula is C16H17N3O5. The lowest BCUT2D eigenvalue weighted by Gasteiger charge is -2.16. The van der Waals surface area contributed by atoms with Gasteiger partial charge in [0.2, 0.25) is 0 Å². The van der Waals surface area contributed by atoms with Crippen LogP contribution in [0.3, 0.4) is 0 Å². The number of hydrogen-bond donors (Lipinski definition) is 4. The van der Waals surface area contributed by atoms with Crippen molar-refractivity contribution in [2.24, 2.45) is 5.92 Å². The van der Waals surface area contributed by atoms with E-state index in [1.807, 2.05) is 0 Å².